The van der Waals surface area contributed by atoms with Crippen LogP contribution in [0, 0.1) is 20.8 Å². The molecule has 0 unspecified atom stereocenters. The number of nitrogens with zero attached hydrogens (tertiary/aromatic N) is 1. The van der Waals surface area contributed by atoms with Gasteiger partial charge in [0.05, 0.1) is 0 Å². The summed E-state index contributed by atoms with van der Waals surface area (Å²) in [5.41, 5.74) is 4.94. The second kappa shape index (κ2) is 7.06. The van der Waals surface area contributed by atoms with E-state index in [1.807, 2.05) is 12.3 Å². The van der Waals surface area contributed by atoms with Gasteiger partial charge in [0.15, 0.2) is 0 Å². The van der Waals surface area contributed by atoms with E-state index in [0.717, 1.165) is 18.8 Å². The molecular formula is C17H22N2O. The van der Waals surface area contributed by atoms with Crippen LogP contribution in [-0.4, -0.2) is 18.1 Å². The average molecular weight is 270 g/mol. The molecule has 1 heterocycles. The van der Waals surface area contributed by atoms with Crippen molar-refractivity contribution in [2.24, 2.45) is 0 Å². The molecule has 20 heavy (non-hydrogen) atoms. The van der Waals surface area contributed by atoms with Crippen molar-refractivity contribution in [3.63, 3.8) is 0 Å². The summed E-state index contributed by atoms with van der Waals surface area (Å²) in [5, 5.41) is 3.36. The van der Waals surface area contributed by atoms with E-state index in [1.54, 1.807) is 6.20 Å². The summed E-state index contributed by atoms with van der Waals surface area (Å²) in [4.78, 5) is 4.09. The normalized spacial score (nSPS) is 10.6. The van der Waals surface area contributed by atoms with Gasteiger partial charge in [-0.3, -0.25) is 4.98 Å². The first-order chi connectivity index (χ1) is 9.66. The molecule has 3 nitrogen and oxygen atoms in total. The molecule has 0 saturated carbocycles. The van der Waals surface area contributed by atoms with Gasteiger partial charge in [0, 0.05) is 25.5 Å². The first-order valence-electron chi connectivity index (χ1n) is 6.97. The topological polar surface area (TPSA) is 34.1 Å². The van der Waals surface area contributed by atoms with Crippen LogP contribution in [0.4, 0.5) is 0 Å². The maximum absolute atomic E-state index is 5.86. The molecule has 1 aromatic heterocycles. The Morgan fingerprint density at radius 2 is 2.05 bits per heavy atom. The summed E-state index contributed by atoms with van der Waals surface area (Å²) in [6, 6.07) is 8.30. The number of benzene rings is 1. The fourth-order valence-corrected chi connectivity index (χ4v) is 2.12. The van der Waals surface area contributed by atoms with Crippen LogP contribution in [0.1, 0.15) is 22.3 Å². The van der Waals surface area contributed by atoms with Crippen molar-refractivity contribution in [1.82, 2.24) is 10.3 Å². The van der Waals surface area contributed by atoms with Gasteiger partial charge in [0.25, 0.3) is 0 Å². The summed E-state index contributed by atoms with van der Waals surface area (Å²) in [6.07, 6.45) is 3.66. The Labute approximate surface area is 121 Å². The van der Waals surface area contributed by atoms with Gasteiger partial charge in [-0.2, -0.15) is 0 Å². The highest BCUT2D eigenvalue weighted by molar-refractivity contribution is 5.41. The molecule has 0 atom stereocenters. The van der Waals surface area contributed by atoms with E-state index in [-0.39, 0.29) is 0 Å². The van der Waals surface area contributed by atoms with Crippen LogP contribution >= 0.6 is 0 Å². The molecule has 1 aromatic carbocycles. The Morgan fingerprint density at radius 3 is 2.80 bits per heavy atom. The monoisotopic (exact) mass is 270 g/mol. The lowest BCUT2D eigenvalue weighted by Gasteiger charge is -2.12. The second-order valence-electron chi connectivity index (χ2n) is 5.09. The molecule has 0 aliphatic rings. The van der Waals surface area contributed by atoms with E-state index in [1.165, 1.54) is 22.3 Å². The zero-order valence-electron chi connectivity index (χ0n) is 12.4. The lowest BCUT2D eigenvalue weighted by Crippen LogP contribution is -2.20. The molecule has 0 fully saturated rings. The molecule has 0 saturated heterocycles. The molecule has 2 rings (SSSR count). The lowest BCUT2D eigenvalue weighted by atomic mass is 10.1. The third kappa shape index (κ3) is 4.07. The fraction of sp³-hybridized carbons (Fsp3) is 0.353. The van der Waals surface area contributed by atoms with E-state index < -0.39 is 0 Å². The molecule has 1 N–H and O–H groups in total. The minimum absolute atomic E-state index is 0.671. The number of aryl methyl sites for hydroxylation is 2. The average Bonchev–Trinajstić information content (AvgIpc) is 2.44. The van der Waals surface area contributed by atoms with Crippen molar-refractivity contribution >= 4 is 0 Å². The van der Waals surface area contributed by atoms with Gasteiger partial charge in [0.2, 0.25) is 0 Å². The number of hydrogen-bond donors (Lipinski definition) is 1. The molecule has 2 aromatic rings. The zero-order chi connectivity index (χ0) is 14.4. The minimum Gasteiger partial charge on any atom is -0.492 e. The molecule has 0 amide bonds. The molecular weight excluding hydrogens is 248 g/mol. The minimum atomic E-state index is 0.671. The van der Waals surface area contributed by atoms with Gasteiger partial charge >= 0.3 is 0 Å². The van der Waals surface area contributed by atoms with Gasteiger partial charge in [-0.05, 0) is 55.2 Å². The Bertz CT molecular complexity index is 552. The lowest BCUT2D eigenvalue weighted by molar-refractivity contribution is 0.311. The maximum atomic E-state index is 5.86. The van der Waals surface area contributed by atoms with Crippen molar-refractivity contribution in [2.75, 3.05) is 13.2 Å². The third-order valence-corrected chi connectivity index (χ3v) is 3.35. The van der Waals surface area contributed by atoms with Gasteiger partial charge in [-0.25, -0.2) is 0 Å². The van der Waals surface area contributed by atoms with Crippen LogP contribution in [0.5, 0.6) is 5.75 Å². The number of hydrogen-bond acceptors (Lipinski definition) is 3. The Balaban J connectivity index is 1.76. The fourth-order valence-electron chi connectivity index (χ4n) is 2.12. The number of nitrogens with one attached hydrogen (secondary N) is 1. The number of ether oxygens (including phenoxy) is 1. The van der Waals surface area contributed by atoms with Crippen LogP contribution in [0.3, 0.4) is 0 Å². The van der Waals surface area contributed by atoms with Crippen molar-refractivity contribution in [3.8, 4) is 5.75 Å². The van der Waals surface area contributed by atoms with E-state index >= 15 is 0 Å². The number of pyridine rings is 1. The van der Waals surface area contributed by atoms with Gasteiger partial charge in [0.1, 0.15) is 12.4 Å². The van der Waals surface area contributed by atoms with E-state index in [4.69, 9.17) is 4.74 Å². The van der Waals surface area contributed by atoms with Crippen molar-refractivity contribution in [1.29, 1.82) is 0 Å². The largest absolute Gasteiger partial charge is 0.492 e. The molecule has 0 bridgehead atoms. The van der Waals surface area contributed by atoms with Crippen LogP contribution in [0.15, 0.2) is 36.7 Å². The van der Waals surface area contributed by atoms with Crippen molar-refractivity contribution in [3.05, 3.63) is 58.9 Å². The van der Waals surface area contributed by atoms with Crippen molar-refractivity contribution in [2.45, 2.75) is 27.3 Å². The number of rotatable bonds is 6. The van der Waals surface area contributed by atoms with Crippen LogP contribution in [-0.2, 0) is 6.54 Å². The van der Waals surface area contributed by atoms with Gasteiger partial charge in [-0.1, -0.05) is 12.1 Å². The molecule has 0 spiro atoms. The predicted molar refractivity (Wildman–Crippen MR) is 82.1 cm³/mol. The molecule has 3 heteroatoms. The standard InChI is InChI=1S/C17H22N2O/c1-13-9-14(2)15(3)17(10-13)20-8-7-19-12-16-5-4-6-18-11-16/h4-6,9-11,19H,7-8,12H2,1-3H3. The van der Waals surface area contributed by atoms with Gasteiger partial charge in [-0.15, -0.1) is 0 Å². The molecule has 0 aliphatic heterocycles. The first-order valence-corrected chi connectivity index (χ1v) is 6.97. The Hall–Kier alpha value is -1.87. The zero-order valence-corrected chi connectivity index (χ0v) is 12.4. The molecule has 106 valence electrons. The first kappa shape index (κ1) is 14.5. The van der Waals surface area contributed by atoms with Crippen LogP contribution in [0.2, 0.25) is 0 Å². The third-order valence-electron chi connectivity index (χ3n) is 3.35. The van der Waals surface area contributed by atoms with E-state index in [2.05, 4.69) is 49.3 Å². The van der Waals surface area contributed by atoms with Crippen LogP contribution in [0.25, 0.3) is 0 Å². The summed E-state index contributed by atoms with van der Waals surface area (Å²) < 4.78 is 5.86. The predicted octanol–water partition coefficient (Wildman–Crippen LogP) is 3.18. The maximum Gasteiger partial charge on any atom is 0.122 e. The van der Waals surface area contributed by atoms with Crippen LogP contribution < -0.4 is 10.1 Å². The van der Waals surface area contributed by atoms with E-state index in [0.29, 0.717) is 6.61 Å². The summed E-state index contributed by atoms with van der Waals surface area (Å²) in [6.45, 7) is 8.64. The van der Waals surface area contributed by atoms with Crippen molar-refractivity contribution < 1.29 is 4.74 Å². The second-order valence-corrected chi connectivity index (χ2v) is 5.09. The van der Waals surface area contributed by atoms with E-state index in [9.17, 15) is 0 Å². The Morgan fingerprint density at radius 1 is 1.20 bits per heavy atom. The molecule has 0 radical (unpaired) electrons. The smallest absolute Gasteiger partial charge is 0.122 e. The highest BCUT2D eigenvalue weighted by atomic mass is 16.5. The summed E-state index contributed by atoms with van der Waals surface area (Å²) in [7, 11) is 0. The number of aromatic nitrogens is 1. The van der Waals surface area contributed by atoms with Gasteiger partial charge < -0.3 is 10.1 Å². The quantitative estimate of drug-likeness (QED) is 0.819. The summed E-state index contributed by atoms with van der Waals surface area (Å²) in [5.74, 6) is 0.991. The SMILES string of the molecule is Cc1cc(C)c(C)c(OCCNCc2cccnc2)c1. The Kier molecular flexibility index (Phi) is 5.13. The highest BCUT2D eigenvalue weighted by Gasteiger charge is 2.03. The highest BCUT2D eigenvalue weighted by Crippen LogP contribution is 2.22. The molecule has 0 aliphatic carbocycles. The summed E-state index contributed by atoms with van der Waals surface area (Å²) >= 11 is 0.